The summed E-state index contributed by atoms with van der Waals surface area (Å²) in [5.41, 5.74) is 5.70. The van der Waals surface area contributed by atoms with Gasteiger partial charge in [0.05, 0.1) is 42.7 Å². The number of carbonyl (C=O) groups excluding carboxylic acids is 1. The topological polar surface area (TPSA) is 157 Å². The van der Waals surface area contributed by atoms with Crippen LogP contribution >= 0.6 is 7.37 Å². The van der Waals surface area contributed by atoms with Crippen LogP contribution in [0.1, 0.15) is 53.6 Å². The zero-order chi connectivity index (χ0) is 36.6. The molecule has 0 bridgehead atoms. The third-order valence-electron chi connectivity index (χ3n) is 8.20. The van der Waals surface area contributed by atoms with Gasteiger partial charge in [-0.05, 0) is 88.7 Å². The number of hydrogen-bond acceptors (Lipinski definition) is 8. The third-order valence-corrected chi connectivity index (χ3v) is 10.1. The van der Waals surface area contributed by atoms with Gasteiger partial charge in [-0.3, -0.25) is 14.1 Å². The van der Waals surface area contributed by atoms with Crippen LogP contribution in [0.2, 0.25) is 0 Å². The number of nitrogens with one attached hydrogen (secondary N) is 2. The Hall–Kier alpha value is -4.77. The first-order valence-corrected chi connectivity index (χ1v) is 19.7. The minimum absolute atomic E-state index is 0.200. The fourth-order valence-corrected chi connectivity index (χ4v) is 7.07. The number of anilines is 2. The first-order valence-electron chi connectivity index (χ1n) is 15.7. The summed E-state index contributed by atoms with van der Waals surface area (Å²) in [5, 5.41) is 4.01. The summed E-state index contributed by atoms with van der Waals surface area (Å²) in [5.74, 6) is 0.740. The Kier molecular flexibility index (Phi) is 10.1. The van der Waals surface area contributed by atoms with E-state index in [1.54, 1.807) is 42.6 Å². The van der Waals surface area contributed by atoms with Crippen LogP contribution in [0.4, 0.5) is 11.4 Å². The number of benzene rings is 4. The molecule has 0 radical (unpaired) electrons. The maximum Gasteiger partial charge on any atom is 0.255 e. The van der Waals surface area contributed by atoms with E-state index in [9.17, 15) is 22.7 Å². The lowest BCUT2D eigenvalue weighted by molar-refractivity contribution is 0.102. The van der Waals surface area contributed by atoms with Crippen LogP contribution in [0.15, 0.2) is 72.9 Å². The highest BCUT2D eigenvalue weighted by Gasteiger charge is 2.23. The van der Waals surface area contributed by atoms with Crippen LogP contribution in [0.25, 0.3) is 22.0 Å². The lowest BCUT2D eigenvalue weighted by Gasteiger charge is -2.24. The van der Waals surface area contributed by atoms with E-state index in [1.807, 2.05) is 58.0 Å². The molecule has 1 aromatic heterocycles. The number of ether oxygens (including phenoxy) is 2. The Labute approximate surface area is 292 Å². The molecule has 1 heterocycles. The average molecular weight is 717 g/mol. The molecular weight excluding hydrogens is 675 g/mol. The van der Waals surface area contributed by atoms with Crippen molar-refractivity contribution < 1.29 is 32.1 Å². The van der Waals surface area contributed by atoms with Crippen molar-refractivity contribution in [2.45, 2.75) is 39.5 Å². The molecule has 3 N–H and O–H groups in total. The van der Waals surface area contributed by atoms with Crippen molar-refractivity contribution in [3.63, 3.8) is 0 Å². The van der Waals surface area contributed by atoms with E-state index in [1.165, 1.54) is 20.9 Å². The molecule has 0 aliphatic carbocycles. The van der Waals surface area contributed by atoms with Crippen LogP contribution in [-0.2, 0) is 26.4 Å². The lowest BCUT2D eigenvalue weighted by atomic mass is 9.86. The smallest absolute Gasteiger partial charge is 0.255 e. The van der Waals surface area contributed by atoms with Gasteiger partial charge in [-0.1, -0.05) is 39.0 Å². The zero-order valence-electron chi connectivity index (χ0n) is 29.3. The Balaban J connectivity index is 1.43. The lowest BCUT2D eigenvalue weighted by Crippen LogP contribution is -2.18. The fraction of sp³-hybridized carbons (Fsp3) is 0.270. The van der Waals surface area contributed by atoms with E-state index in [2.05, 4.69) is 15.0 Å². The summed E-state index contributed by atoms with van der Waals surface area (Å²) in [6.07, 6.45) is 3.21. The fourth-order valence-electron chi connectivity index (χ4n) is 5.60. The highest BCUT2D eigenvalue weighted by molar-refractivity contribution is 7.92. The molecule has 0 spiro atoms. The number of nitrogens with zero attached hydrogens (tertiary/aromatic N) is 2. The van der Waals surface area contributed by atoms with Crippen molar-refractivity contribution in [2.75, 3.05) is 37.2 Å². The van der Waals surface area contributed by atoms with Gasteiger partial charge < -0.3 is 19.7 Å². The van der Waals surface area contributed by atoms with Gasteiger partial charge in [0.25, 0.3) is 5.91 Å². The van der Waals surface area contributed by atoms with E-state index in [-0.39, 0.29) is 28.1 Å². The summed E-state index contributed by atoms with van der Waals surface area (Å²) in [6, 6.07) is 19.9. The Bertz CT molecular complexity index is 2280. The monoisotopic (exact) mass is 716 g/mol. The molecule has 262 valence electrons. The van der Waals surface area contributed by atoms with Gasteiger partial charge in [-0.25, -0.2) is 18.4 Å². The summed E-state index contributed by atoms with van der Waals surface area (Å²) < 4.78 is 49.9. The Morgan fingerprint density at radius 3 is 2.32 bits per heavy atom. The molecule has 4 aromatic carbocycles. The molecule has 1 amide bonds. The van der Waals surface area contributed by atoms with E-state index in [4.69, 9.17) is 14.5 Å². The van der Waals surface area contributed by atoms with Gasteiger partial charge in [0.15, 0.2) is 5.75 Å². The maximum atomic E-state index is 13.7. The van der Waals surface area contributed by atoms with Gasteiger partial charge in [0, 0.05) is 30.2 Å². The number of sulfonamides is 1. The van der Waals surface area contributed by atoms with Gasteiger partial charge in [-0.2, -0.15) is 0 Å². The largest absolute Gasteiger partial charge is 0.496 e. The summed E-state index contributed by atoms with van der Waals surface area (Å²) in [7, 11) is -4.23. The predicted molar refractivity (Wildman–Crippen MR) is 199 cm³/mol. The molecule has 11 nitrogen and oxygen atoms in total. The van der Waals surface area contributed by atoms with E-state index >= 15 is 0 Å². The van der Waals surface area contributed by atoms with Crippen molar-refractivity contribution in [3.8, 4) is 22.6 Å². The van der Waals surface area contributed by atoms with Crippen LogP contribution < -0.4 is 24.8 Å². The number of hydrogen-bond donors (Lipinski definition) is 3. The van der Waals surface area contributed by atoms with Crippen molar-refractivity contribution in [1.29, 1.82) is 0 Å². The van der Waals surface area contributed by atoms with Crippen molar-refractivity contribution >= 4 is 50.9 Å². The summed E-state index contributed by atoms with van der Waals surface area (Å²) >= 11 is 0. The number of rotatable bonds is 10. The second-order valence-corrected chi connectivity index (χ2v) is 17.3. The van der Waals surface area contributed by atoms with Crippen molar-refractivity contribution in [1.82, 2.24) is 9.97 Å². The van der Waals surface area contributed by atoms with E-state index in [0.29, 0.717) is 29.2 Å². The second-order valence-electron chi connectivity index (χ2n) is 13.3. The number of aromatic nitrogens is 2. The van der Waals surface area contributed by atoms with Crippen molar-refractivity contribution in [3.05, 3.63) is 101 Å². The normalized spacial score (nSPS) is 13.1. The minimum Gasteiger partial charge on any atom is -0.496 e. The first kappa shape index (κ1) is 36.5. The summed E-state index contributed by atoms with van der Waals surface area (Å²) in [4.78, 5) is 33.0. The average Bonchev–Trinajstić information content (AvgIpc) is 3.03. The first-order chi connectivity index (χ1) is 23.4. The standard InChI is InChI=1S/C37H41N4O7PS/c1-22-9-11-25(36(42)40-30-19-27(37(2,3)4)20-31(35(30)48-6)41-50(8,45)46)18-28(22)24-12-13-29-26(17-24)21-38-34(39-29)16-23-10-14-33(49(7,43)44)32(15-23)47-5/h9-15,17-21,41H,16H2,1-8H3,(H,40,42)(H,43,44). The number of amides is 1. The van der Waals surface area contributed by atoms with Gasteiger partial charge >= 0.3 is 0 Å². The highest BCUT2D eigenvalue weighted by atomic mass is 32.2. The number of methoxy groups -OCH3 is 2. The molecular formula is C37H41N4O7PS. The summed E-state index contributed by atoms with van der Waals surface area (Å²) in [6.45, 7) is 9.22. The third kappa shape index (κ3) is 8.33. The van der Waals surface area contributed by atoms with E-state index < -0.39 is 17.4 Å². The number of fused-ring (bicyclic) bond motifs is 1. The minimum atomic E-state index is -3.62. The van der Waals surface area contributed by atoms with Crippen LogP contribution in [-0.4, -0.2) is 56.3 Å². The molecule has 0 aliphatic heterocycles. The molecule has 0 saturated carbocycles. The second kappa shape index (κ2) is 13.9. The van der Waals surface area contributed by atoms with Crippen LogP contribution in [0, 0.1) is 6.92 Å². The van der Waals surface area contributed by atoms with Crippen LogP contribution in [0.5, 0.6) is 11.5 Å². The molecule has 50 heavy (non-hydrogen) atoms. The molecule has 1 unspecified atom stereocenters. The van der Waals surface area contributed by atoms with E-state index in [0.717, 1.165) is 45.0 Å². The SMILES string of the molecule is COc1cc(Cc2ncc3cc(-c4cc(C(=O)Nc5cc(C(C)(C)C)cc(NS(C)(=O)=O)c5OC)ccc4C)ccc3n2)ccc1P(C)(=O)O. The molecule has 5 aromatic rings. The number of carbonyl (C=O) groups is 1. The van der Waals surface area contributed by atoms with Gasteiger partial charge in [0.1, 0.15) is 11.6 Å². The molecule has 0 fully saturated rings. The molecule has 5 rings (SSSR count). The quantitative estimate of drug-likeness (QED) is 0.135. The number of aryl methyl sites for hydroxylation is 1. The molecule has 1 atom stereocenters. The molecule has 0 saturated heterocycles. The van der Waals surface area contributed by atoms with Gasteiger partial charge in [0.2, 0.25) is 17.4 Å². The van der Waals surface area contributed by atoms with Crippen molar-refractivity contribution in [2.24, 2.45) is 0 Å². The van der Waals surface area contributed by atoms with Crippen LogP contribution in [0.3, 0.4) is 0 Å². The maximum absolute atomic E-state index is 13.7. The zero-order valence-corrected chi connectivity index (χ0v) is 31.0. The predicted octanol–water partition coefficient (Wildman–Crippen LogP) is 6.66. The molecule has 13 heteroatoms. The Morgan fingerprint density at radius 2 is 1.68 bits per heavy atom. The Morgan fingerprint density at radius 1 is 0.960 bits per heavy atom. The highest BCUT2D eigenvalue weighted by Crippen LogP contribution is 2.40. The molecule has 0 aliphatic rings. The van der Waals surface area contributed by atoms with Gasteiger partial charge in [-0.15, -0.1) is 0 Å².